The molecular weight excluding hydrogens is 219 g/mol. The van der Waals surface area contributed by atoms with Gasteiger partial charge in [0, 0.05) is 24.5 Å². The number of nitrogens with two attached hydrogens (primary N) is 1. The summed E-state index contributed by atoms with van der Waals surface area (Å²) in [5, 5.41) is 9.98. The summed E-state index contributed by atoms with van der Waals surface area (Å²) in [7, 11) is 0. The second kappa shape index (κ2) is 4.93. The topological polar surface area (TPSA) is 59.1 Å². The first-order valence-corrected chi connectivity index (χ1v) is 5.28. The molecular formula is C13H13FN2O. The molecule has 3 nitrogen and oxygen atoms in total. The smallest absolute Gasteiger partial charge is 0.123 e. The van der Waals surface area contributed by atoms with E-state index in [1.807, 2.05) is 0 Å². The van der Waals surface area contributed by atoms with Crippen molar-refractivity contribution in [3.8, 4) is 0 Å². The molecule has 1 atom stereocenters. The van der Waals surface area contributed by atoms with E-state index in [1.54, 1.807) is 30.6 Å². The van der Waals surface area contributed by atoms with Gasteiger partial charge in [0.2, 0.25) is 0 Å². The number of nitrogen functional groups attached to an aromatic ring is 1. The Morgan fingerprint density at radius 2 is 1.94 bits per heavy atom. The quantitative estimate of drug-likeness (QED) is 0.851. The predicted molar refractivity (Wildman–Crippen MR) is 63.7 cm³/mol. The average Bonchev–Trinajstić information content (AvgIpc) is 2.33. The molecule has 0 aliphatic rings. The van der Waals surface area contributed by atoms with Gasteiger partial charge in [0.1, 0.15) is 5.82 Å². The lowest BCUT2D eigenvalue weighted by Gasteiger charge is -2.12. The van der Waals surface area contributed by atoms with Crippen molar-refractivity contribution < 1.29 is 9.50 Å². The molecule has 88 valence electrons. The maximum absolute atomic E-state index is 12.7. The van der Waals surface area contributed by atoms with Crippen molar-refractivity contribution in [2.24, 2.45) is 0 Å². The molecule has 1 aromatic heterocycles. The number of hydrogen-bond donors (Lipinski definition) is 2. The first-order chi connectivity index (χ1) is 8.16. The van der Waals surface area contributed by atoms with Crippen LogP contribution in [-0.4, -0.2) is 10.1 Å². The number of rotatable bonds is 3. The number of hydrogen-bond acceptors (Lipinski definition) is 3. The van der Waals surface area contributed by atoms with Crippen molar-refractivity contribution in [1.82, 2.24) is 4.98 Å². The fourth-order valence-electron chi connectivity index (χ4n) is 1.62. The summed E-state index contributed by atoms with van der Waals surface area (Å²) in [6.07, 6.45) is 2.89. The Morgan fingerprint density at radius 1 is 1.24 bits per heavy atom. The second-order valence-corrected chi connectivity index (χ2v) is 3.85. The lowest BCUT2D eigenvalue weighted by atomic mass is 10.0. The van der Waals surface area contributed by atoms with Gasteiger partial charge < -0.3 is 10.8 Å². The molecule has 2 rings (SSSR count). The number of aliphatic hydroxyl groups is 1. The minimum absolute atomic E-state index is 0.318. The van der Waals surface area contributed by atoms with Gasteiger partial charge in [-0.2, -0.15) is 0 Å². The van der Waals surface area contributed by atoms with Gasteiger partial charge >= 0.3 is 0 Å². The van der Waals surface area contributed by atoms with Crippen molar-refractivity contribution in [2.45, 2.75) is 12.5 Å². The Bertz CT molecular complexity index is 499. The first kappa shape index (κ1) is 11.5. The summed E-state index contributed by atoms with van der Waals surface area (Å²) in [5.74, 6) is -0.318. The van der Waals surface area contributed by atoms with Crippen LogP contribution in [0.2, 0.25) is 0 Å². The third-order valence-corrected chi connectivity index (χ3v) is 2.61. The number of benzene rings is 1. The summed E-state index contributed by atoms with van der Waals surface area (Å²) in [6, 6.07) is 7.46. The van der Waals surface area contributed by atoms with Crippen LogP contribution in [-0.2, 0) is 6.42 Å². The molecule has 17 heavy (non-hydrogen) atoms. The Morgan fingerprint density at radius 3 is 2.59 bits per heavy atom. The van der Waals surface area contributed by atoms with Crippen LogP contribution in [0.4, 0.5) is 10.1 Å². The van der Waals surface area contributed by atoms with E-state index in [9.17, 15) is 9.50 Å². The van der Waals surface area contributed by atoms with Crippen molar-refractivity contribution in [3.63, 3.8) is 0 Å². The van der Waals surface area contributed by atoms with Crippen LogP contribution in [0.1, 0.15) is 17.2 Å². The monoisotopic (exact) mass is 232 g/mol. The van der Waals surface area contributed by atoms with Gasteiger partial charge in [-0.25, -0.2) is 4.39 Å². The van der Waals surface area contributed by atoms with Crippen LogP contribution in [0.25, 0.3) is 0 Å². The van der Waals surface area contributed by atoms with Crippen molar-refractivity contribution >= 4 is 5.69 Å². The molecule has 0 fully saturated rings. The zero-order chi connectivity index (χ0) is 12.3. The van der Waals surface area contributed by atoms with Crippen molar-refractivity contribution in [2.75, 3.05) is 5.73 Å². The number of aromatic nitrogens is 1. The van der Waals surface area contributed by atoms with Crippen molar-refractivity contribution in [3.05, 3.63) is 59.7 Å². The average molecular weight is 232 g/mol. The molecule has 0 spiro atoms. The number of nitrogens with zero attached hydrogens (tertiary/aromatic N) is 1. The van der Waals surface area contributed by atoms with E-state index in [2.05, 4.69) is 4.98 Å². The minimum Gasteiger partial charge on any atom is -0.398 e. The van der Waals surface area contributed by atoms with Gasteiger partial charge in [-0.05, 0) is 29.3 Å². The molecule has 2 aromatic rings. The molecule has 0 saturated carbocycles. The molecule has 0 bridgehead atoms. The Balaban J connectivity index is 2.14. The lowest BCUT2D eigenvalue weighted by molar-refractivity contribution is 0.178. The second-order valence-electron chi connectivity index (χ2n) is 3.85. The van der Waals surface area contributed by atoms with Crippen LogP contribution in [0.15, 0.2) is 42.7 Å². The number of aliphatic hydroxyl groups excluding tert-OH is 1. The zero-order valence-corrected chi connectivity index (χ0v) is 9.18. The highest BCUT2D eigenvalue weighted by molar-refractivity contribution is 5.45. The van der Waals surface area contributed by atoms with E-state index >= 15 is 0 Å². The van der Waals surface area contributed by atoms with E-state index in [-0.39, 0.29) is 5.82 Å². The summed E-state index contributed by atoms with van der Waals surface area (Å²) in [4.78, 5) is 3.96. The number of pyridine rings is 1. The number of halogens is 1. The third-order valence-electron chi connectivity index (χ3n) is 2.61. The number of anilines is 1. The summed E-state index contributed by atoms with van der Waals surface area (Å²) in [5.41, 5.74) is 7.80. The highest BCUT2D eigenvalue weighted by Crippen LogP contribution is 2.21. The molecule has 0 radical (unpaired) electrons. The molecule has 0 aliphatic carbocycles. The fourth-order valence-corrected chi connectivity index (χ4v) is 1.62. The SMILES string of the molecule is Nc1ccncc1CC(O)c1ccc(F)cc1. The molecule has 0 aliphatic heterocycles. The maximum Gasteiger partial charge on any atom is 0.123 e. The van der Waals surface area contributed by atoms with Crippen LogP contribution in [0, 0.1) is 5.82 Å². The van der Waals surface area contributed by atoms with Crippen LogP contribution >= 0.6 is 0 Å². The largest absolute Gasteiger partial charge is 0.398 e. The molecule has 1 unspecified atom stereocenters. The zero-order valence-electron chi connectivity index (χ0n) is 9.18. The molecule has 0 amide bonds. The molecule has 3 N–H and O–H groups in total. The van der Waals surface area contributed by atoms with Crippen LogP contribution < -0.4 is 5.73 Å². The van der Waals surface area contributed by atoms with Gasteiger partial charge in [0.15, 0.2) is 0 Å². The Labute approximate surface area is 98.7 Å². The van der Waals surface area contributed by atoms with E-state index < -0.39 is 6.10 Å². The van der Waals surface area contributed by atoms with E-state index in [0.29, 0.717) is 17.7 Å². The van der Waals surface area contributed by atoms with E-state index in [1.165, 1.54) is 12.1 Å². The molecule has 1 aromatic carbocycles. The fraction of sp³-hybridized carbons (Fsp3) is 0.154. The van der Waals surface area contributed by atoms with Gasteiger partial charge in [-0.3, -0.25) is 4.98 Å². The Kier molecular flexibility index (Phi) is 3.35. The lowest BCUT2D eigenvalue weighted by Crippen LogP contribution is -2.04. The van der Waals surface area contributed by atoms with Crippen molar-refractivity contribution in [1.29, 1.82) is 0 Å². The van der Waals surface area contributed by atoms with Gasteiger partial charge in [0.25, 0.3) is 0 Å². The molecule has 0 saturated heterocycles. The van der Waals surface area contributed by atoms with Gasteiger partial charge in [-0.1, -0.05) is 12.1 Å². The van der Waals surface area contributed by atoms with Gasteiger partial charge in [0.05, 0.1) is 6.10 Å². The van der Waals surface area contributed by atoms with Crippen LogP contribution in [0.3, 0.4) is 0 Å². The standard InChI is InChI=1S/C13H13FN2O/c14-11-3-1-9(2-4-11)13(17)7-10-8-16-6-5-12(10)15/h1-6,8,13,17H,7H2,(H2,15,16). The highest BCUT2D eigenvalue weighted by atomic mass is 19.1. The summed E-state index contributed by atoms with van der Waals surface area (Å²) >= 11 is 0. The minimum atomic E-state index is -0.706. The van der Waals surface area contributed by atoms with Gasteiger partial charge in [-0.15, -0.1) is 0 Å². The van der Waals surface area contributed by atoms with E-state index in [4.69, 9.17) is 5.73 Å². The third kappa shape index (κ3) is 2.79. The van der Waals surface area contributed by atoms with E-state index in [0.717, 1.165) is 5.56 Å². The maximum atomic E-state index is 12.7. The summed E-state index contributed by atoms with van der Waals surface area (Å²) < 4.78 is 12.7. The highest BCUT2D eigenvalue weighted by Gasteiger charge is 2.10. The normalized spacial score (nSPS) is 12.4. The molecule has 1 heterocycles. The first-order valence-electron chi connectivity index (χ1n) is 5.28. The predicted octanol–water partition coefficient (Wildman–Crippen LogP) is 2.08. The van der Waals surface area contributed by atoms with Crippen LogP contribution in [0.5, 0.6) is 0 Å². The Hall–Kier alpha value is -1.94. The molecule has 4 heteroatoms. The summed E-state index contributed by atoms with van der Waals surface area (Å²) in [6.45, 7) is 0.